The molecule has 1 saturated carbocycles. The first-order valence-electron chi connectivity index (χ1n) is 6.56. The van der Waals surface area contributed by atoms with Crippen LogP contribution in [0, 0.1) is 0 Å². The Morgan fingerprint density at radius 2 is 2.25 bits per heavy atom. The van der Waals surface area contributed by atoms with Crippen molar-refractivity contribution < 1.29 is 0 Å². The molecule has 3 unspecified atom stereocenters. The lowest BCUT2D eigenvalue weighted by Gasteiger charge is -2.34. The molecule has 0 bridgehead atoms. The number of nitrogens with zero attached hydrogens (tertiary/aromatic N) is 2. The Morgan fingerprint density at radius 1 is 1.44 bits per heavy atom. The summed E-state index contributed by atoms with van der Waals surface area (Å²) in [5.74, 6) is 0. The van der Waals surface area contributed by atoms with Crippen molar-refractivity contribution in [2.75, 3.05) is 0 Å². The Balaban J connectivity index is 2.02. The van der Waals surface area contributed by atoms with Crippen molar-refractivity contribution in [3.63, 3.8) is 0 Å². The zero-order valence-corrected chi connectivity index (χ0v) is 10.4. The molecule has 1 fully saturated rings. The SMILES string of the molecule is CCC(C)NC1CCCCC1n1cccn1. The highest BCUT2D eigenvalue weighted by Crippen LogP contribution is 2.28. The van der Waals surface area contributed by atoms with Gasteiger partial charge in [-0.05, 0) is 32.3 Å². The number of hydrogen-bond donors (Lipinski definition) is 1. The van der Waals surface area contributed by atoms with Gasteiger partial charge in [-0.15, -0.1) is 0 Å². The zero-order chi connectivity index (χ0) is 11.4. The summed E-state index contributed by atoms with van der Waals surface area (Å²) in [4.78, 5) is 0. The standard InChI is InChI=1S/C13H23N3/c1-3-11(2)15-12-7-4-5-8-13(12)16-10-6-9-14-16/h6,9-13,15H,3-5,7-8H2,1-2H3. The van der Waals surface area contributed by atoms with Crippen molar-refractivity contribution in [3.8, 4) is 0 Å². The summed E-state index contributed by atoms with van der Waals surface area (Å²) >= 11 is 0. The summed E-state index contributed by atoms with van der Waals surface area (Å²) < 4.78 is 2.14. The van der Waals surface area contributed by atoms with Crippen LogP contribution in [0.25, 0.3) is 0 Å². The average molecular weight is 221 g/mol. The minimum atomic E-state index is 0.553. The second kappa shape index (κ2) is 5.48. The Bertz CT molecular complexity index is 294. The monoisotopic (exact) mass is 221 g/mol. The van der Waals surface area contributed by atoms with Gasteiger partial charge in [0.1, 0.15) is 0 Å². The number of rotatable bonds is 4. The summed E-state index contributed by atoms with van der Waals surface area (Å²) in [7, 11) is 0. The smallest absolute Gasteiger partial charge is 0.0672 e. The van der Waals surface area contributed by atoms with Crippen LogP contribution in [0.3, 0.4) is 0 Å². The highest BCUT2D eigenvalue weighted by atomic mass is 15.3. The zero-order valence-electron chi connectivity index (χ0n) is 10.4. The molecule has 0 spiro atoms. The molecular formula is C13H23N3. The van der Waals surface area contributed by atoms with Gasteiger partial charge in [0.2, 0.25) is 0 Å². The van der Waals surface area contributed by atoms with Crippen LogP contribution in [0.4, 0.5) is 0 Å². The molecule has 1 aromatic rings. The van der Waals surface area contributed by atoms with Crippen molar-refractivity contribution in [1.82, 2.24) is 15.1 Å². The second-order valence-electron chi connectivity index (χ2n) is 4.92. The van der Waals surface area contributed by atoms with Crippen LogP contribution in [0.5, 0.6) is 0 Å². The molecule has 3 atom stereocenters. The van der Waals surface area contributed by atoms with Gasteiger partial charge in [-0.2, -0.15) is 5.10 Å². The maximum Gasteiger partial charge on any atom is 0.0672 e. The molecule has 2 rings (SSSR count). The van der Waals surface area contributed by atoms with E-state index in [-0.39, 0.29) is 0 Å². The predicted molar refractivity (Wildman–Crippen MR) is 66.4 cm³/mol. The maximum absolute atomic E-state index is 4.40. The molecule has 3 heteroatoms. The van der Waals surface area contributed by atoms with Crippen LogP contribution in [-0.2, 0) is 0 Å². The molecule has 3 nitrogen and oxygen atoms in total. The minimum Gasteiger partial charge on any atom is -0.309 e. The summed E-state index contributed by atoms with van der Waals surface area (Å²) in [6.45, 7) is 4.51. The molecule has 1 heterocycles. The van der Waals surface area contributed by atoms with Crippen LogP contribution in [-0.4, -0.2) is 21.9 Å². The Morgan fingerprint density at radius 3 is 2.94 bits per heavy atom. The minimum absolute atomic E-state index is 0.553. The van der Waals surface area contributed by atoms with E-state index in [0.29, 0.717) is 18.1 Å². The van der Waals surface area contributed by atoms with Crippen molar-refractivity contribution in [1.29, 1.82) is 0 Å². The van der Waals surface area contributed by atoms with Gasteiger partial charge < -0.3 is 5.32 Å². The molecule has 1 aliphatic rings. The van der Waals surface area contributed by atoms with Gasteiger partial charge in [-0.1, -0.05) is 19.8 Å². The fourth-order valence-electron chi connectivity index (χ4n) is 2.58. The topological polar surface area (TPSA) is 29.9 Å². The van der Waals surface area contributed by atoms with Gasteiger partial charge in [0.25, 0.3) is 0 Å². The van der Waals surface area contributed by atoms with E-state index in [2.05, 4.69) is 35.1 Å². The molecule has 1 aliphatic carbocycles. The maximum atomic E-state index is 4.40. The lowest BCUT2D eigenvalue weighted by Crippen LogP contribution is -2.44. The molecule has 0 amide bonds. The van der Waals surface area contributed by atoms with E-state index in [4.69, 9.17) is 0 Å². The summed E-state index contributed by atoms with van der Waals surface area (Å²) in [5.41, 5.74) is 0. The van der Waals surface area contributed by atoms with Gasteiger partial charge in [-0.3, -0.25) is 4.68 Å². The van der Waals surface area contributed by atoms with Crippen LogP contribution in [0.15, 0.2) is 18.5 Å². The quantitative estimate of drug-likeness (QED) is 0.847. The fourth-order valence-corrected chi connectivity index (χ4v) is 2.58. The third kappa shape index (κ3) is 2.64. The lowest BCUT2D eigenvalue weighted by molar-refractivity contribution is 0.231. The molecule has 16 heavy (non-hydrogen) atoms. The summed E-state index contributed by atoms with van der Waals surface area (Å²) in [6, 6.07) is 3.79. The van der Waals surface area contributed by atoms with Crippen molar-refractivity contribution in [2.45, 2.75) is 64.1 Å². The first kappa shape index (κ1) is 11.6. The Hall–Kier alpha value is -0.830. The van der Waals surface area contributed by atoms with E-state index < -0.39 is 0 Å². The van der Waals surface area contributed by atoms with Crippen molar-refractivity contribution in [2.24, 2.45) is 0 Å². The van der Waals surface area contributed by atoms with E-state index in [0.717, 1.165) is 0 Å². The average Bonchev–Trinajstić information content (AvgIpc) is 2.83. The van der Waals surface area contributed by atoms with Gasteiger partial charge >= 0.3 is 0 Å². The van der Waals surface area contributed by atoms with Crippen LogP contribution in [0.2, 0.25) is 0 Å². The van der Waals surface area contributed by atoms with E-state index in [1.807, 2.05) is 12.3 Å². The highest BCUT2D eigenvalue weighted by molar-refractivity contribution is 4.90. The molecular weight excluding hydrogens is 198 g/mol. The second-order valence-corrected chi connectivity index (χ2v) is 4.92. The van der Waals surface area contributed by atoms with Gasteiger partial charge in [0, 0.05) is 24.5 Å². The van der Waals surface area contributed by atoms with Crippen LogP contribution < -0.4 is 5.32 Å². The normalized spacial score (nSPS) is 27.9. The van der Waals surface area contributed by atoms with E-state index >= 15 is 0 Å². The molecule has 1 N–H and O–H groups in total. The largest absolute Gasteiger partial charge is 0.309 e. The van der Waals surface area contributed by atoms with Crippen molar-refractivity contribution in [3.05, 3.63) is 18.5 Å². The van der Waals surface area contributed by atoms with Crippen LogP contribution in [0.1, 0.15) is 52.0 Å². The Labute approximate surface area is 98.2 Å². The predicted octanol–water partition coefficient (Wildman–Crippen LogP) is 2.75. The third-order valence-electron chi connectivity index (χ3n) is 3.71. The van der Waals surface area contributed by atoms with Gasteiger partial charge in [0.05, 0.1) is 6.04 Å². The third-order valence-corrected chi connectivity index (χ3v) is 3.71. The molecule has 0 saturated heterocycles. The van der Waals surface area contributed by atoms with Crippen LogP contribution >= 0.6 is 0 Å². The van der Waals surface area contributed by atoms with Crippen molar-refractivity contribution >= 4 is 0 Å². The van der Waals surface area contributed by atoms with E-state index in [9.17, 15) is 0 Å². The number of nitrogens with one attached hydrogen (secondary N) is 1. The fraction of sp³-hybridized carbons (Fsp3) is 0.769. The molecule has 1 aromatic heterocycles. The van der Waals surface area contributed by atoms with E-state index in [1.54, 1.807) is 0 Å². The molecule has 0 aromatic carbocycles. The first-order chi connectivity index (χ1) is 7.81. The van der Waals surface area contributed by atoms with Gasteiger partial charge in [0.15, 0.2) is 0 Å². The Kier molecular flexibility index (Phi) is 3.99. The summed E-state index contributed by atoms with van der Waals surface area (Å²) in [6.07, 6.45) is 10.4. The number of aromatic nitrogens is 2. The van der Waals surface area contributed by atoms with Gasteiger partial charge in [-0.25, -0.2) is 0 Å². The number of hydrogen-bond acceptors (Lipinski definition) is 2. The highest BCUT2D eigenvalue weighted by Gasteiger charge is 2.27. The first-order valence-corrected chi connectivity index (χ1v) is 6.56. The summed E-state index contributed by atoms with van der Waals surface area (Å²) in [5, 5.41) is 8.15. The molecule has 90 valence electrons. The molecule has 0 radical (unpaired) electrons. The molecule has 0 aliphatic heterocycles. The lowest BCUT2D eigenvalue weighted by atomic mass is 9.90. The van der Waals surface area contributed by atoms with E-state index in [1.165, 1.54) is 32.1 Å².